The summed E-state index contributed by atoms with van der Waals surface area (Å²) in [4.78, 5) is 0. The maximum absolute atomic E-state index is 12.0. The van der Waals surface area contributed by atoms with Crippen LogP contribution >= 0.6 is 0 Å². The predicted octanol–water partition coefficient (Wildman–Crippen LogP) is 0.541. The van der Waals surface area contributed by atoms with Crippen molar-refractivity contribution in [3.05, 3.63) is 53.3 Å². The van der Waals surface area contributed by atoms with Crippen LogP contribution in [0.25, 0.3) is 0 Å². The van der Waals surface area contributed by atoms with Gasteiger partial charge >= 0.3 is 0 Å². The highest BCUT2D eigenvalue weighted by Crippen LogP contribution is 2.07. The van der Waals surface area contributed by atoms with Gasteiger partial charge in [0.25, 0.3) is 0 Å². The monoisotopic (exact) mass is 308 g/mol. The van der Waals surface area contributed by atoms with Crippen molar-refractivity contribution in [3.8, 4) is 0 Å². The fourth-order valence-electron chi connectivity index (χ4n) is 1.99. The molecule has 0 saturated heterocycles. The fourth-order valence-corrected chi connectivity index (χ4v) is 3.14. The zero-order chi connectivity index (χ0) is 15.3. The predicted molar refractivity (Wildman–Crippen MR) is 81.9 cm³/mol. The van der Waals surface area contributed by atoms with E-state index in [1.54, 1.807) is 23.0 Å². The van der Waals surface area contributed by atoms with Crippen LogP contribution in [0.15, 0.2) is 36.7 Å². The van der Waals surface area contributed by atoms with E-state index in [1.807, 2.05) is 25.4 Å². The number of hydrogen-bond donors (Lipinski definition) is 2. The SMILES string of the molecule is Cn1cc(CCNS(=O)(=O)Cc2ccc(CN)cc2)cn1. The Morgan fingerprint density at radius 3 is 2.43 bits per heavy atom. The third-order valence-electron chi connectivity index (χ3n) is 3.11. The molecule has 0 atom stereocenters. The second-order valence-electron chi connectivity index (χ2n) is 4.95. The normalized spacial score (nSPS) is 11.7. The number of hydrogen-bond acceptors (Lipinski definition) is 4. The molecule has 0 fully saturated rings. The Bertz CT molecular complexity index is 677. The molecule has 2 rings (SSSR count). The molecule has 0 aliphatic carbocycles. The summed E-state index contributed by atoms with van der Waals surface area (Å²) < 4.78 is 28.3. The Hall–Kier alpha value is -1.70. The van der Waals surface area contributed by atoms with Crippen molar-refractivity contribution in [2.45, 2.75) is 18.7 Å². The van der Waals surface area contributed by atoms with E-state index >= 15 is 0 Å². The van der Waals surface area contributed by atoms with Crippen LogP contribution < -0.4 is 10.5 Å². The molecule has 1 aromatic heterocycles. The van der Waals surface area contributed by atoms with Crippen molar-refractivity contribution >= 4 is 10.0 Å². The summed E-state index contributed by atoms with van der Waals surface area (Å²) in [5.74, 6) is -0.0229. The number of aryl methyl sites for hydroxylation is 1. The van der Waals surface area contributed by atoms with E-state index in [1.165, 1.54) is 0 Å². The number of rotatable bonds is 7. The largest absolute Gasteiger partial charge is 0.326 e. The molecular weight excluding hydrogens is 288 g/mol. The lowest BCUT2D eigenvalue weighted by atomic mass is 10.1. The van der Waals surface area contributed by atoms with Gasteiger partial charge in [-0.3, -0.25) is 4.68 Å². The molecule has 0 radical (unpaired) electrons. The Labute approximate surface area is 125 Å². The molecule has 0 amide bonds. The van der Waals surface area contributed by atoms with Crippen LogP contribution in [0, 0.1) is 0 Å². The molecule has 0 aliphatic rings. The van der Waals surface area contributed by atoms with Gasteiger partial charge in [-0.25, -0.2) is 13.1 Å². The summed E-state index contributed by atoms with van der Waals surface area (Å²) in [7, 11) is -1.49. The Kier molecular flexibility index (Phi) is 5.11. The van der Waals surface area contributed by atoms with Crippen LogP contribution in [-0.4, -0.2) is 24.7 Å². The smallest absolute Gasteiger partial charge is 0.215 e. The van der Waals surface area contributed by atoms with Gasteiger partial charge in [0.05, 0.1) is 11.9 Å². The molecule has 1 aromatic carbocycles. The molecule has 2 aromatic rings. The minimum atomic E-state index is -3.33. The summed E-state index contributed by atoms with van der Waals surface area (Å²) in [5, 5.41) is 4.04. The highest BCUT2D eigenvalue weighted by Gasteiger charge is 2.11. The summed E-state index contributed by atoms with van der Waals surface area (Å²) in [6, 6.07) is 7.28. The summed E-state index contributed by atoms with van der Waals surface area (Å²) >= 11 is 0. The van der Waals surface area contributed by atoms with Crippen LogP contribution in [0.1, 0.15) is 16.7 Å². The Morgan fingerprint density at radius 2 is 1.86 bits per heavy atom. The lowest BCUT2D eigenvalue weighted by Crippen LogP contribution is -2.27. The minimum absolute atomic E-state index is 0.0229. The van der Waals surface area contributed by atoms with Crippen molar-refractivity contribution in [1.82, 2.24) is 14.5 Å². The van der Waals surface area contributed by atoms with E-state index in [2.05, 4.69) is 9.82 Å². The average molecular weight is 308 g/mol. The molecule has 1 heterocycles. The van der Waals surface area contributed by atoms with Gasteiger partial charge in [0, 0.05) is 26.3 Å². The number of nitrogens with zero attached hydrogens (tertiary/aromatic N) is 2. The molecule has 7 heteroatoms. The van der Waals surface area contributed by atoms with Gasteiger partial charge in [-0.2, -0.15) is 5.10 Å². The van der Waals surface area contributed by atoms with Crippen molar-refractivity contribution in [2.24, 2.45) is 12.8 Å². The molecule has 0 saturated carbocycles. The van der Waals surface area contributed by atoms with E-state index < -0.39 is 10.0 Å². The van der Waals surface area contributed by atoms with Crippen molar-refractivity contribution in [3.63, 3.8) is 0 Å². The topological polar surface area (TPSA) is 90.0 Å². The Morgan fingerprint density at radius 1 is 1.19 bits per heavy atom. The first-order valence-electron chi connectivity index (χ1n) is 6.71. The van der Waals surface area contributed by atoms with Crippen molar-refractivity contribution < 1.29 is 8.42 Å². The van der Waals surface area contributed by atoms with Gasteiger partial charge in [0.15, 0.2) is 0 Å². The van der Waals surface area contributed by atoms with E-state index in [-0.39, 0.29) is 5.75 Å². The highest BCUT2D eigenvalue weighted by molar-refractivity contribution is 7.88. The maximum Gasteiger partial charge on any atom is 0.215 e. The van der Waals surface area contributed by atoms with Gasteiger partial charge in [-0.15, -0.1) is 0 Å². The van der Waals surface area contributed by atoms with Crippen LogP contribution in [0.3, 0.4) is 0 Å². The standard InChI is InChI=1S/C14H20N4O2S/c1-18-10-14(9-16-18)6-7-17-21(19,20)11-13-4-2-12(8-15)3-5-13/h2-5,9-10,17H,6-8,11,15H2,1H3. The quantitative estimate of drug-likeness (QED) is 0.781. The average Bonchev–Trinajstić information content (AvgIpc) is 2.84. The number of nitrogens with one attached hydrogen (secondary N) is 1. The summed E-state index contributed by atoms with van der Waals surface area (Å²) in [5.41, 5.74) is 8.26. The van der Waals surface area contributed by atoms with Crippen LogP contribution in [0.5, 0.6) is 0 Å². The van der Waals surface area contributed by atoms with Gasteiger partial charge in [-0.1, -0.05) is 24.3 Å². The van der Waals surface area contributed by atoms with Gasteiger partial charge < -0.3 is 5.73 Å². The second-order valence-corrected chi connectivity index (χ2v) is 6.75. The number of sulfonamides is 1. The zero-order valence-corrected chi connectivity index (χ0v) is 12.8. The molecule has 6 nitrogen and oxygen atoms in total. The molecule has 21 heavy (non-hydrogen) atoms. The summed E-state index contributed by atoms with van der Waals surface area (Å²) in [6.45, 7) is 0.825. The number of aromatic nitrogens is 2. The van der Waals surface area contributed by atoms with Gasteiger partial charge in [0.2, 0.25) is 10.0 Å². The molecular formula is C14H20N4O2S. The molecule has 114 valence electrons. The number of nitrogens with two attached hydrogens (primary N) is 1. The number of benzene rings is 1. The van der Waals surface area contributed by atoms with Crippen molar-refractivity contribution in [1.29, 1.82) is 0 Å². The second kappa shape index (κ2) is 6.84. The van der Waals surface area contributed by atoms with Gasteiger partial charge in [-0.05, 0) is 23.1 Å². The zero-order valence-electron chi connectivity index (χ0n) is 12.0. The lowest BCUT2D eigenvalue weighted by Gasteiger charge is -2.07. The highest BCUT2D eigenvalue weighted by atomic mass is 32.2. The molecule has 0 aliphatic heterocycles. The molecule has 0 spiro atoms. The first kappa shape index (κ1) is 15.7. The molecule has 0 unspecified atom stereocenters. The first-order chi connectivity index (χ1) is 9.98. The summed E-state index contributed by atoms with van der Waals surface area (Å²) in [6.07, 6.45) is 4.23. The Balaban J connectivity index is 1.86. The third kappa shape index (κ3) is 4.96. The van der Waals surface area contributed by atoms with E-state index in [9.17, 15) is 8.42 Å². The van der Waals surface area contributed by atoms with Crippen LogP contribution in [0.2, 0.25) is 0 Å². The third-order valence-corrected chi connectivity index (χ3v) is 4.47. The van der Waals surface area contributed by atoms with E-state index in [0.717, 1.165) is 16.7 Å². The molecule has 0 bridgehead atoms. The van der Waals surface area contributed by atoms with Crippen molar-refractivity contribution in [2.75, 3.05) is 6.54 Å². The van der Waals surface area contributed by atoms with E-state index in [4.69, 9.17) is 5.73 Å². The van der Waals surface area contributed by atoms with Gasteiger partial charge in [0.1, 0.15) is 0 Å². The fraction of sp³-hybridized carbons (Fsp3) is 0.357. The van der Waals surface area contributed by atoms with Crippen LogP contribution in [-0.2, 0) is 35.8 Å². The lowest BCUT2D eigenvalue weighted by molar-refractivity contribution is 0.581. The first-order valence-corrected chi connectivity index (χ1v) is 8.36. The molecule has 3 N–H and O–H groups in total. The van der Waals surface area contributed by atoms with E-state index in [0.29, 0.717) is 19.5 Å². The maximum atomic E-state index is 12.0. The minimum Gasteiger partial charge on any atom is -0.326 e. The van der Waals surface area contributed by atoms with Crippen LogP contribution in [0.4, 0.5) is 0 Å².